The Hall–Kier alpha value is -1.41. The van der Waals surface area contributed by atoms with E-state index < -0.39 is 46.8 Å². The third-order valence-corrected chi connectivity index (χ3v) is 2.28. The molecule has 19 heavy (non-hydrogen) atoms. The summed E-state index contributed by atoms with van der Waals surface area (Å²) < 4.78 is 112. The van der Waals surface area contributed by atoms with Crippen molar-refractivity contribution < 1.29 is 39.5 Å². The minimum absolute atomic E-state index is 0.147. The van der Waals surface area contributed by atoms with Gasteiger partial charge in [0.1, 0.15) is 0 Å². The molecule has 0 aliphatic heterocycles. The van der Waals surface area contributed by atoms with Crippen LogP contribution >= 0.6 is 0 Å². The summed E-state index contributed by atoms with van der Waals surface area (Å²) in [7, 11) is 0. The third kappa shape index (κ3) is 3.32. The quantitative estimate of drug-likeness (QED) is 0.588. The van der Waals surface area contributed by atoms with Crippen LogP contribution in [0.25, 0.3) is 0 Å². The largest absolute Gasteiger partial charge is 0.417 e. The van der Waals surface area contributed by atoms with E-state index in [1.54, 1.807) is 0 Å². The summed E-state index contributed by atoms with van der Waals surface area (Å²) in [5.74, 6) is 0. The molecule has 108 valence electrons. The fraction of sp³-hybridized carbons (Fsp3) is 0.400. The van der Waals surface area contributed by atoms with Crippen LogP contribution in [0.1, 0.15) is 22.3 Å². The lowest BCUT2D eigenvalue weighted by Gasteiger charge is -2.19. The number of hydrogen-bond donors (Lipinski definition) is 0. The molecule has 0 bridgehead atoms. The van der Waals surface area contributed by atoms with Gasteiger partial charge >= 0.3 is 18.5 Å². The second-order valence-corrected chi connectivity index (χ2v) is 3.71. The predicted molar refractivity (Wildman–Crippen MR) is 46.2 cm³/mol. The molecule has 0 radical (unpaired) electrons. The van der Waals surface area contributed by atoms with Gasteiger partial charge in [0.2, 0.25) is 0 Å². The van der Waals surface area contributed by atoms with Crippen LogP contribution in [0.3, 0.4) is 0 Å². The molecule has 0 saturated carbocycles. The van der Waals surface area contributed by atoms with Gasteiger partial charge in [-0.3, -0.25) is 0 Å². The van der Waals surface area contributed by atoms with Crippen LogP contribution in [0.5, 0.6) is 0 Å². The highest BCUT2D eigenvalue weighted by Crippen LogP contribution is 2.44. The Bertz CT molecular complexity index is 475. The van der Waals surface area contributed by atoms with Crippen molar-refractivity contribution in [3.8, 4) is 0 Å². The SMILES string of the molecule is Cc1cc(C(F)(F)F)c(C(F)(F)F)cc1C(F)(F)F. The topological polar surface area (TPSA) is 0 Å². The Kier molecular flexibility index (Phi) is 3.55. The first-order valence-electron chi connectivity index (χ1n) is 4.61. The number of hydrogen-bond acceptors (Lipinski definition) is 0. The van der Waals surface area contributed by atoms with Gasteiger partial charge in [-0.25, -0.2) is 0 Å². The number of alkyl halides is 9. The molecule has 1 aromatic carbocycles. The molecule has 0 saturated heterocycles. The molecule has 0 aliphatic rings. The first-order chi connectivity index (χ1) is 8.24. The fourth-order valence-electron chi connectivity index (χ4n) is 1.48. The maximum absolute atomic E-state index is 12.4. The Morgan fingerprint density at radius 1 is 0.579 bits per heavy atom. The number of halogens is 9. The molecule has 0 heterocycles. The van der Waals surface area contributed by atoms with Crippen LogP contribution in [-0.4, -0.2) is 0 Å². The monoisotopic (exact) mass is 296 g/mol. The zero-order valence-electron chi connectivity index (χ0n) is 9.06. The van der Waals surface area contributed by atoms with Crippen LogP contribution in [-0.2, 0) is 18.5 Å². The number of rotatable bonds is 0. The third-order valence-electron chi connectivity index (χ3n) is 2.28. The lowest BCUT2D eigenvalue weighted by molar-refractivity contribution is -0.163. The summed E-state index contributed by atoms with van der Waals surface area (Å²) >= 11 is 0. The van der Waals surface area contributed by atoms with Crippen molar-refractivity contribution in [1.82, 2.24) is 0 Å². The van der Waals surface area contributed by atoms with Crippen LogP contribution in [0.15, 0.2) is 12.1 Å². The van der Waals surface area contributed by atoms with E-state index >= 15 is 0 Å². The first kappa shape index (κ1) is 15.6. The van der Waals surface area contributed by atoms with Gasteiger partial charge in [0.05, 0.1) is 16.7 Å². The average Bonchev–Trinajstić information content (AvgIpc) is 2.11. The Morgan fingerprint density at radius 2 is 0.895 bits per heavy atom. The maximum atomic E-state index is 12.4. The molecule has 0 spiro atoms. The summed E-state index contributed by atoms with van der Waals surface area (Å²) in [4.78, 5) is 0. The van der Waals surface area contributed by atoms with Crippen LogP contribution in [0.4, 0.5) is 39.5 Å². The smallest absolute Gasteiger partial charge is 0.166 e. The summed E-state index contributed by atoms with van der Waals surface area (Å²) in [5.41, 5.74) is -7.15. The molecular weight excluding hydrogens is 291 g/mol. The highest BCUT2D eigenvalue weighted by molar-refractivity contribution is 5.42. The normalized spacial score (nSPS) is 13.8. The van der Waals surface area contributed by atoms with Gasteiger partial charge in [-0.1, -0.05) is 0 Å². The van der Waals surface area contributed by atoms with Crippen molar-refractivity contribution >= 4 is 0 Å². The molecule has 0 aromatic heterocycles. The maximum Gasteiger partial charge on any atom is 0.417 e. The van der Waals surface area contributed by atoms with E-state index in [1.165, 1.54) is 0 Å². The van der Waals surface area contributed by atoms with Crippen molar-refractivity contribution in [2.24, 2.45) is 0 Å². The molecule has 0 fully saturated rings. The predicted octanol–water partition coefficient (Wildman–Crippen LogP) is 5.05. The van der Waals surface area contributed by atoms with E-state index in [-0.39, 0.29) is 6.07 Å². The first-order valence-corrected chi connectivity index (χ1v) is 4.61. The van der Waals surface area contributed by atoms with Crippen LogP contribution in [0.2, 0.25) is 0 Å². The van der Waals surface area contributed by atoms with Crippen LogP contribution < -0.4 is 0 Å². The Balaban J connectivity index is 3.66. The van der Waals surface area contributed by atoms with Gasteiger partial charge in [0.15, 0.2) is 0 Å². The molecule has 0 N–H and O–H groups in total. The van der Waals surface area contributed by atoms with Gasteiger partial charge in [-0.15, -0.1) is 0 Å². The van der Waals surface area contributed by atoms with E-state index in [0.29, 0.717) is 6.92 Å². The molecule has 0 nitrogen and oxygen atoms in total. The van der Waals surface area contributed by atoms with E-state index in [0.717, 1.165) is 0 Å². The summed E-state index contributed by atoms with van der Waals surface area (Å²) in [6, 6.07) is -0.663. The fourth-order valence-corrected chi connectivity index (χ4v) is 1.48. The second-order valence-electron chi connectivity index (χ2n) is 3.71. The van der Waals surface area contributed by atoms with Crippen molar-refractivity contribution in [1.29, 1.82) is 0 Å². The Labute approximate surface area is 100 Å². The molecule has 0 atom stereocenters. The van der Waals surface area contributed by atoms with Crippen molar-refractivity contribution in [2.75, 3.05) is 0 Å². The molecule has 9 heteroatoms. The minimum atomic E-state index is -5.53. The highest BCUT2D eigenvalue weighted by Gasteiger charge is 2.45. The van der Waals surface area contributed by atoms with Gasteiger partial charge in [0, 0.05) is 0 Å². The molecule has 1 rings (SSSR count). The molecule has 0 aliphatic carbocycles. The molecule has 1 aromatic rings. The minimum Gasteiger partial charge on any atom is -0.166 e. The van der Waals surface area contributed by atoms with Crippen LogP contribution in [0, 0.1) is 6.92 Å². The zero-order valence-corrected chi connectivity index (χ0v) is 9.06. The number of benzene rings is 1. The lowest BCUT2D eigenvalue weighted by atomic mass is 9.98. The van der Waals surface area contributed by atoms with Crippen molar-refractivity contribution in [3.63, 3.8) is 0 Å². The van der Waals surface area contributed by atoms with Gasteiger partial charge < -0.3 is 0 Å². The summed E-state index contributed by atoms with van der Waals surface area (Å²) in [5, 5.41) is 0. The van der Waals surface area contributed by atoms with Crippen molar-refractivity contribution in [3.05, 3.63) is 34.4 Å². The summed E-state index contributed by atoms with van der Waals surface area (Å²) in [6.45, 7) is 0.665. The Morgan fingerprint density at radius 3 is 1.21 bits per heavy atom. The molecule has 0 amide bonds. The highest BCUT2D eigenvalue weighted by atomic mass is 19.4. The molecular formula is C10H5F9. The van der Waals surface area contributed by atoms with Gasteiger partial charge in [-0.05, 0) is 24.6 Å². The summed E-state index contributed by atoms with van der Waals surface area (Å²) in [6.07, 6.45) is -16.1. The van der Waals surface area contributed by atoms with Crippen molar-refractivity contribution in [2.45, 2.75) is 25.5 Å². The average molecular weight is 296 g/mol. The molecule has 0 unspecified atom stereocenters. The van der Waals surface area contributed by atoms with E-state index in [4.69, 9.17) is 0 Å². The number of aryl methyl sites for hydroxylation is 1. The zero-order chi connectivity index (χ0) is 15.2. The van der Waals surface area contributed by atoms with E-state index in [1.807, 2.05) is 0 Å². The van der Waals surface area contributed by atoms with E-state index in [2.05, 4.69) is 0 Å². The standard InChI is InChI=1S/C10H5F9/c1-4-2-6(9(14,15)16)7(10(17,18)19)3-5(4)8(11,12)13/h2-3H,1H3. The lowest BCUT2D eigenvalue weighted by Crippen LogP contribution is -2.19. The van der Waals surface area contributed by atoms with E-state index in [9.17, 15) is 39.5 Å². The van der Waals surface area contributed by atoms with Gasteiger partial charge in [0.25, 0.3) is 0 Å². The second kappa shape index (κ2) is 4.31. The van der Waals surface area contributed by atoms with Gasteiger partial charge in [-0.2, -0.15) is 39.5 Å².